The molecular weight excluding hydrogens is 510 g/mol. The van der Waals surface area contributed by atoms with Gasteiger partial charge >= 0.3 is 0 Å². The maximum absolute atomic E-state index is 13.8. The number of nitrogens with one attached hydrogen (secondary N) is 5. The van der Waals surface area contributed by atoms with Crippen LogP contribution >= 0.6 is 0 Å². The van der Waals surface area contributed by atoms with Crippen molar-refractivity contribution in [2.75, 3.05) is 5.43 Å². The van der Waals surface area contributed by atoms with Crippen molar-refractivity contribution in [2.24, 2.45) is 10.3 Å². The first kappa shape index (κ1) is 27.0. The lowest BCUT2D eigenvalue weighted by Gasteiger charge is -2.10. The molecule has 7 nitrogen and oxygen atoms in total. The molecule has 0 aliphatic carbocycles. The topological polar surface area (TPSA) is 109 Å². The minimum absolute atomic E-state index is 0.0112. The van der Waals surface area contributed by atoms with Crippen molar-refractivity contribution in [1.82, 2.24) is 10.6 Å². The summed E-state index contributed by atoms with van der Waals surface area (Å²) in [5.41, 5.74) is 5.24. The Morgan fingerprint density at radius 2 is 1.18 bits per heavy atom. The third-order valence-electron chi connectivity index (χ3n) is 5.57. The van der Waals surface area contributed by atoms with Gasteiger partial charge in [0.25, 0.3) is 0 Å². The number of halogens is 4. The second-order valence-electron chi connectivity index (χ2n) is 8.37. The quantitative estimate of drug-likeness (QED) is 0.0551. The van der Waals surface area contributed by atoms with E-state index in [-0.39, 0.29) is 35.9 Å². The molecule has 4 rings (SSSR count). The minimum atomic E-state index is -0.694. The zero-order chi connectivity index (χ0) is 27.8. The summed E-state index contributed by atoms with van der Waals surface area (Å²) in [6.07, 6.45) is 0. The predicted octanol–water partition coefficient (Wildman–Crippen LogP) is 6.58. The Kier molecular flexibility index (Phi) is 8.62. The molecule has 0 unspecified atom stereocenters. The van der Waals surface area contributed by atoms with Gasteiger partial charge in [-0.1, -0.05) is 41.6 Å². The fourth-order valence-electron chi connectivity index (χ4n) is 3.51. The number of benzene rings is 4. The molecule has 0 spiro atoms. The van der Waals surface area contributed by atoms with Crippen molar-refractivity contribution in [2.45, 2.75) is 13.1 Å². The Labute approximate surface area is 221 Å². The number of anilines is 1. The van der Waals surface area contributed by atoms with Crippen LogP contribution in [0.25, 0.3) is 0 Å². The fourth-order valence-corrected chi connectivity index (χ4v) is 3.51. The second-order valence-corrected chi connectivity index (χ2v) is 8.37. The van der Waals surface area contributed by atoms with Crippen molar-refractivity contribution < 1.29 is 17.6 Å². The Balaban J connectivity index is 1.32. The highest BCUT2D eigenvalue weighted by Crippen LogP contribution is 2.17. The van der Waals surface area contributed by atoms with Crippen molar-refractivity contribution in [3.63, 3.8) is 0 Å². The second kappa shape index (κ2) is 12.5. The van der Waals surface area contributed by atoms with Crippen LogP contribution in [0.2, 0.25) is 0 Å². The lowest BCUT2D eigenvalue weighted by atomic mass is 10.1. The van der Waals surface area contributed by atoms with E-state index >= 15 is 0 Å². The van der Waals surface area contributed by atoms with E-state index in [1.807, 2.05) is 0 Å². The summed E-state index contributed by atoms with van der Waals surface area (Å²) >= 11 is 0. The van der Waals surface area contributed by atoms with Gasteiger partial charge in [-0.05, 0) is 36.4 Å². The highest BCUT2D eigenvalue weighted by atomic mass is 19.1. The van der Waals surface area contributed by atoms with Gasteiger partial charge in [-0.25, -0.2) is 17.6 Å². The minimum Gasteiger partial charge on any atom is -0.366 e. The molecule has 0 radical (unpaired) electrons. The van der Waals surface area contributed by atoms with Crippen LogP contribution in [0, 0.1) is 34.1 Å². The molecule has 0 aromatic heterocycles. The normalized spacial score (nSPS) is 10.9. The molecule has 4 aromatic rings. The largest absolute Gasteiger partial charge is 0.366 e. The van der Waals surface area contributed by atoms with Gasteiger partial charge in [0, 0.05) is 47.5 Å². The maximum Gasteiger partial charge on any atom is 0.131 e. The number of amidine groups is 2. The van der Waals surface area contributed by atoms with E-state index in [0.29, 0.717) is 22.5 Å². The molecule has 0 aliphatic rings. The molecule has 0 atom stereocenters. The first-order valence-corrected chi connectivity index (χ1v) is 11.7. The van der Waals surface area contributed by atoms with Gasteiger partial charge in [-0.3, -0.25) is 16.2 Å². The summed E-state index contributed by atoms with van der Waals surface area (Å²) in [6, 6.07) is 20.0. The molecule has 0 amide bonds. The highest BCUT2D eigenvalue weighted by molar-refractivity contribution is 5.97. The molecule has 0 aliphatic heterocycles. The van der Waals surface area contributed by atoms with E-state index in [1.165, 1.54) is 12.1 Å². The first-order chi connectivity index (χ1) is 18.8. The van der Waals surface area contributed by atoms with Crippen LogP contribution in [0.5, 0.6) is 0 Å². The summed E-state index contributed by atoms with van der Waals surface area (Å²) in [5, 5.41) is 30.1. The van der Waals surface area contributed by atoms with E-state index in [0.717, 1.165) is 24.3 Å². The smallest absolute Gasteiger partial charge is 0.131 e. The molecule has 5 N–H and O–H groups in total. The highest BCUT2D eigenvalue weighted by Gasteiger charge is 2.08. The third kappa shape index (κ3) is 7.48. The predicted molar refractivity (Wildman–Crippen MR) is 141 cm³/mol. The first-order valence-electron chi connectivity index (χ1n) is 11.7. The third-order valence-corrected chi connectivity index (χ3v) is 5.57. The molecule has 0 heterocycles. The van der Waals surface area contributed by atoms with Crippen molar-refractivity contribution >= 4 is 23.0 Å². The maximum atomic E-state index is 13.8. The van der Waals surface area contributed by atoms with Crippen LogP contribution in [0.15, 0.2) is 95.3 Å². The molecule has 198 valence electrons. The molecule has 39 heavy (non-hydrogen) atoms. The van der Waals surface area contributed by atoms with Gasteiger partial charge in [0.1, 0.15) is 34.9 Å². The van der Waals surface area contributed by atoms with Gasteiger partial charge in [-0.15, -0.1) is 5.11 Å². The van der Waals surface area contributed by atoms with Crippen LogP contribution in [0.3, 0.4) is 0 Å². The Bertz CT molecular complexity index is 1540. The average Bonchev–Trinajstić information content (AvgIpc) is 2.92. The van der Waals surface area contributed by atoms with Crippen molar-refractivity contribution in [3.8, 4) is 0 Å². The van der Waals surface area contributed by atoms with E-state index in [9.17, 15) is 17.6 Å². The summed E-state index contributed by atoms with van der Waals surface area (Å²) in [6.45, 7) is 0.0264. The SMILES string of the molecule is N=C(NCc1ccc(F)cc1F)c1cccc(/N=N/Nc2cccc(C(=N)NCc3ccc(F)cc3F)c2)c1. The molecule has 0 bridgehead atoms. The van der Waals surface area contributed by atoms with Gasteiger partial charge in [-0.2, -0.15) is 0 Å². The number of hydrogen-bond acceptors (Lipinski definition) is 4. The summed E-state index contributed by atoms with van der Waals surface area (Å²) < 4.78 is 53.8. The average molecular weight is 534 g/mol. The zero-order valence-electron chi connectivity index (χ0n) is 20.4. The van der Waals surface area contributed by atoms with E-state index in [1.54, 1.807) is 48.5 Å². The van der Waals surface area contributed by atoms with Crippen LogP contribution in [-0.2, 0) is 13.1 Å². The van der Waals surface area contributed by atoms with Gasteiger partial charge in [0.15, 0.2) is 0 Å². The van der Waals surface area contributed by atoms with E-state index in [4.69, 9.17) is 10.8 Å². The van der Waals surface area contributed by atoms with Crippen LogP contribution < -0.4 is 16.1 Å². The number of rotatable bonds is 9. The molecule has 0 saturated carbocycles. The Morgan fingerprint density at radius 3 is 1.74 bits per heavy atom. The summed E-state index contributed by atoms with van der Waals surface area (Å²) in [7, 11) is 0. The standard InChI is InChI=1S/C28H23F4N7/c29-21-9-7-19(25(31)13-21)15-35-27(33)17-3-1-5-23(11-17)37-39-38-24-6-2-4-18(12-24)28(34)36-16-20-8-10-22(30)14-26(20)32/h1-14H,15-16H2,(H2,33,35)(H2,34,36)(H,37,38). The van der Waals surface area contributed by atoms with Crippen molar-refractivity contribution in [1.29, 1.82) is 10.8 Å². The zero-order valence-corrected chi connectivity index (χ0v) is 20.4. The van der Waals surface area contributed by atoms with Crippen molar-refractivity contribution in [3.05, 3.63) is 130 Å². The summed E-state index contributed by atoms with van der Waals surface area (Å²) in [5.74, 6) is -2.65. The lowest BCUT2D eigenvalue weighted by molar-refractivity contribution is 0.569. The van der Waals surface area contributed by atoms with E-state index in [2.05, 4.69) is 26.4 Å². The fraction of sp³-hybridized carbons (Fsp3) is 0.0714. The van der Waals surface area contributed by atoms with Gasteiger partial charge in [0.2, 0.25) is 0 Å². The Hall–Kier alpha value is -5.06. The van der Waals surface area contributed by atoms with E-state index < -0.39 is 23.3 Å². The van der Waals surface area contributed by atoms with Gasteiger partial charge < -0.3 is 10.6 Å². The Morgan fingerprint density at radius 1 is 0.641 bits per heavy atom. The van der Waals surface area contributed by atoms with Crippen LogP contribution in [0.1, 0.15) is 22.3 Å². The molecule has 4 aromatic carbocycles. The number of nitrogens with zero attached hydrogens (tertiary/aromatic N) is 2. The monoisotopic (exact) mass is 533 g/mol. The molecule has 11 heteroatoms. The van der Waals surface area contributed by atoms with Gasteiger partial charge in [0.05, 0.1) is 11.4 Å². The lowest BCUT2D eigenvalue weighted by Crippen LogP contribution is -2.23. The van der Waals surface area contributed by atoms with Crippen LogP contribution in [0.4, 0.5) is 28.9 Å². The number of hydrogen-bond donors (Lipinski definition) is 5. The molecular formula is C28H23F4N7. The summed E-state index contributed by atoms with van der Waals surface area (Å²) in [4.78, 5) is 0. The molecule has 0 fully saturated rings. The molecule has 0 saturated heterocycles. The van der Waals surface area contributed by atoms with Crippen LogP contribution in [-0.4, -0.2) is 11.7 Å².